The third-order valence-electron chi connectivity index (χ3n) is 12.4. The Morgan fingerprint density at radius 1 is 0.667 bits per heavy atom. The van der Waals surface area contributed by atoms with Gasteiger partial charge in [0.25, 0.3) is 11.8 Å². The molecule has 2 amide bonds. The maximum Gasteiger partial charge on any atom is 0.265 e. The smallest absolute Gasteiger partial charge is 0.265 e. The van der Waals surface area contributed by atoms with Gasteiger partial charge >= 0.3 is 0 Å². The lowest BCUT2D eigenvalue weighted by Crippen LogP contribution is -2.59. The summed E-state index contributed by atoms with van der Waals surface area (Å²) in [6.07, 6.45) is 6.57. The molecular weight excluding hydrogens is 739 g/mol. The van der Waals surface area contributed by atoms with Gasteiger partial charge in [-0.3, -0.25) is 9.59 Å². The van der Waals surface area contributed by atoms with Crippen molar-refractivity contribution in [2.75, 3.05) is 28.2 Å². The van der Waals surface area contributed by atoms with Gasteiger partial charge in [-0.15, -0.1) is 0 Å². The van der Waals surface area contributed by atoms with Crippen molar-refractivity contribution in [3.8, 4) is 11.5 Å². The summed E-state index contributed by atoms with van der Waals surface area (Å²) >= 11 is 6.37. The van der Waals surface area contributed by atoms with E-state index in [2.05, 4.69) is 72.9 Å². The van der Waals surface area contributed by atoms with Crippen LogP contribution in [0.5, 0.6) is 11.5 Å². The highest BCUT2D eigenvalue weighted by molar-refractivity contribution is 6.30. The molecule has 10 heteroatoms. The first-order valence-corrected chi connectivity index (χ1v) is 20.7. The van der Waals surface area contributed by atoms with Crippen molar-refractivity contribution in [1.29, 1.82) is 0 Å². The van der Waals surface area contributed by atoms with Gasteiger partial charge in [0.05, 0.1) is 0 Å². The Kier molecular flexibility index (Phi) is 14.3. The van der Waals surface area contributed by atoms with Crippen LogP contribution in [0.1, 0.15) is 68.9 Å². The first-order chi connectivity index (χ1) is 27.4. The summed E-state index contributed by atoms with van der Waals surface area (Å²) in [5.41, 5.74) is 2.12. The summed E-state index contributed by atoms with van der Waals surface area (Å²) in [7, 11) is 8.44. The molecule has 0 spiro atoms. The molecule has 0 bridgehead atoms. The van der Waals surface area contributed by atoms with Crippen LogP contribution in [0.4, 0.5) is 4.39 Å². The minimum Gasteiger partial charge on any atom is -0.476 e. The number of benzene rings is 4. The summed E-state index contributed by atoms with van der Waals surface area (Å²) in [5, 5.41) is 6.96. The van der Waals surface area contributed by atoms with E-state index >= 15 is 0 Å². The topological polar surface area (TPSA) is 83.1 Å². The van der Waals surface area contributed by atoms with Crippen LogP contribution in [0.25, 0.3) is 0 Å². The predicted molar refractivity (Wildman–Crippen MR) is 225 cm³/mol. The normalized spacial score (nSPS) is 23.4. The molecule has 2 N–H and O–H groups in total. The third-order valence-corrected chi connectivity index (χ3v) is 12.7. The molecule has 4 aromatic rings. The van der Waals surface area contributed by atoms with Crippen molar-refractivity contribution in [3.05, 3.63) is 131 Å². The predicted octanol–water partition coefficient (Wildman–Crippen LogP) is 8.27. The second kappa shape index (κ2) is 19.3. The van der Waals surface area contributed by atoms with Crippen LogP contribution in [0.2, 0.25) is 5.02 Å². The third kappa shape index (κ3) is 11.2. The van der Waals surface area contributed by atoms with Crippen LogP contribution >= 0.6 is 11.6 Å². The Hall–Kier alpha value is -4.44. The van der Waals surface area contributed by atoms with Gasteiger partial charge in [-0.1, -0.05) is 78.3 Å². The van der Waals surface area contributed by atoms with Crippen LogP contribution in [-0.2, 0) is 22.4 Å². The van der Waals surface area contributed by atoms with E-state index in [9.17, 15) is 14.0 Å². The Balaban J connectivity index is 1.19. The molecule has 0 aromatic heterocycles. The summed E-state index contributed by atoms with van der Waals surface area (Å²) in [6.45, 7) is 0. The fourth-order valence-electron chi connectivity index (χ4n) is 8.76. The van der Waals surface area contributed by atoms with E-state index in [1.807, 2.05) is 30.3 Å². The standard InChI is InChI=1S/C47H58ClFN4O4/c1-52(2)46(26-21-34-13-7-5-8-14-34)27-22-38(23-28-46)50-45(55)43(57-41-20-12-16-36(48)32-41)42(56-40-18-9-6-10-19-40)44(54)51-39-24-29-47(30-25-39,53(3)4)33-35-15-11-17-37(49)31-35/h5-20,31-32,38-39,42-43H,21-30,33H2,1-4H3,(H,50,55)(H,51,54). The van der Waals surface area contributed by atoms with E-state index in [1.165, 1.54) is 11.6 Å². The Bertz CT molecular complexity index is 1900. The molecule has 2 saturated carbocycles. The average molecular weight is 797 g/mol. The van der Waals surface area contributed by atoms with Gasteiger partial charge < -0.3 is 29.9 Å². The fourth-order valence-corrected chi connectivity index (χ4v) is 8.94. The molecule has 2 aliphatic rings. The van der Waals surface area contributed by atoms with Crippen molar-refractivity contribution < 1.29 is 23.5 Å². The highest BCUT2D eigenvalue weighted by Crippen LogP contribution is 2.38. The van der Waals surface area contributed by atoms with Gasteiger partial charge in [0.15, 0.2) is 0 Å². The summed E-state index contributed by atoms with van der Waals surface area (Å²) in [4.78, 5) is 33.6. The summed E-state index contributed by atoms with van der Waals surface area (Å²) in [6, 6.07) is 33.0. The number of nitrogens with one attached hydrogen (secondary N) is 2. The van der Waals surface area contributed by atoms with Crippen molar-refractivity contribution in [2.24, 2.45) is 0 Å². The van der Waals surface area contributed by atoms with Gasteiger partial charge in [-0.25, -0.2) is 4.39 Å². The zero-order chi connectivity index (χ0) is 40.4. The number of nitrogens with zero attached hydrogens (tertiary/aromatic N) is 2. The number of aryl methyl sites for hydroxylation is 1. The van der Waals surface area contributed by atoms with Crippen LogP contribution in [0.3, 0.4) is 0 Å². The van der Waals surface area contributed by atoms with Crippen molar-refractivity contribution in [3.63, 3.8) is 0 Å². The lowest BCUT2D eigenvalue weighted by molar-refractivity contribution is -0.143. The van der Waals surface area contributed by atoms with E-state index in [1.54, 1.807) is 48.5 Å². The Morgan fingerprint density at radius 2 is 1.16 bits per heavy atom. The molecule has 304 valence electrons. The van der Waals surface area contributed by atoms with Crippen molar-refractivity contribution >= 4 is 23.4 Å². The number of hydrogen-bond acceptors (Lipinski definition) is 6. The molecule has 0 saturated heterocycles. The van der Waals surface area contributed by atoms with E-state index in [0.717, 1.165) is 56.9 Å². The van der Waals surface area contributed by atoms with E-state index in [4.69, 9.17) is 21.1 Å². The molecule has 2 unspecified atom stereocenters. The number of likely N-dealkylation sites (N-methyl/N-ethyl adjacent to an activating group) is 1. The molecular formula is C47H58ClFN4O4. The Morgan fingerprint density at radius 3 is 1.70 bits per heavy atom. The highest BCUT2D eigenvalue weighted by Gasteiger charge is 2.43. The van der Waals surface area contributed by atoms with Crippen molar-refractivity contribution in [2.45, 2.75) is 106 Å². The van der Waals surface area contributed by atoms with Gasteiger partial charge in [-0.2, -0.15) is 0 Å². The van der Waals surface area contributed by atoms with Crippen LogP contribution in [0.15, 0.2) is 109 Å². The molecule has 0 heterocycles. The molecule has 6 rings (SSSR count). The first-order valence-electron chi connectivity index (χ1n) is 20.3. The Labute approximate surface area is 343 Å². The van der Waals surface area contributed by atoms with Crippen LogP contribution in [-0.4, -0.2) is 85.2 Å². The van der Waals surface area contributed by atoms with Gasteiger partial charge in [0, 0.05) is 28.2 Å². The zero-order valence-electron chi connectivity index (χ0n) is 33.8. The quantitative estimate of drug-likeness (QED) is 0.119. The zero-order valence-corrected chi connectivity index (χ0v) is 34.5. The second-order valence-corrected chi connectivity index (χ2v) is 16.9. The molecule has 2 fully saturated rings. The minimum atomic E-state index is -1.32. The number of para-hydroxylation sites is 1. The van der Waals surface area contributed by atoms with E-state index in [-0.39, 0.29) is 29.0 Å². The highest BCUT2D eigenvalue weighted by atomic mass is 35.5. The molecule has 8 nitrogen and oxygen atoms in total. The largest absolute Gasteiger partial charge is 0.476 e. The number of hydrogen-bond donors (Lipinski definition) is 2. The number of ether oxygens (including phenoxy) is 2. The maximum absolute atomic E-state index is 14.5. The summed E-state index contributed by atoms with van der Waals surface area (Å²) < 4.78 is 27.0. The molecule has 4 aromatic carbocycles. The lowest BCUT2D eigenvalue weighted by Gasteiger charge is -2.46. The molecule has 2 atom stereocenters. The summed E-state index contributed by atoms with van der Waals surface area (Å²) in [5.74, 6) is -0.274. The minimum absolute atomic E-state index is 0.0219. The molecule has 2 aliphatic carbocycles. The number of carbonyl (C=O) groups is 2. The number of rotatable bonds is 16. The number of carbonyl (C=O) groups excluding carboxylic acids is 2. The van der Waals surface area contributed by atoms with Crippen LogP contribution in [0, 0.1) is 5.82 Å². The van der Waals surface area contributed by atoms with Crippen LogP contribution < -0.4 is 20.1 Å². The molecule has 0 radical (unpaired) electrons. The van der Waals surface area contributed by atoms with E-state index < -0.39 is 24.0 Å². The van der Waals surface area contributed by atoms with Crippen molar-refractivity contribution in [1.82, 2.24) is 20.4 Å². The monoisotopic (exact) mass is 796 g/mol. The lowest BCUT2D eigenvalue weighted by atomic mass is 9.74. The maximum atomic E-state index is 14.5. The number of halogens is 2. The number of amides is 2. The van der Waals surface area contributed by atoms with Gasteiger partial charge in [-0.05, 0) is 152 Å². The first kappa shape index (κ1) is 42.2. The van der Waals surface area contributed by atoms with E-state index in [0.29, 0.717) is 35.8 Å². The second-order valence-electron chi connectivity index (χ2n) is 16.4. The molecule has 0 aliphatic heterocycles. The fraction of sp³-hybridized carbons (Fsp3) is 0.447. The van der Waals surface area contributed by atoms with Gasteiger partial charge in [0.2, 0.25) is 12.2 Å². The molecule has 57 heavy (non-hydrogen) atoms. The average Bonchev–Trinajstić information content (AvgIpc) is 3.20. The van der Waals surface area contributed by atoms with Gasteiger partial charge in [0.1, 0.15) is 17.3 Å². The SMILES string of the molecule is CN(C)C1(CCc2ccccc2)CCC(NC(=O)C(Oc2cccc(Cl)c2)C(Oc2ccccc2)C(=O)NC2CCC(Cc3cccc(F)c3)(N(C)C)CC2)CC1.